The SMILES string of the molecule is CCOC(=O)Cc1ccccc1OCc1nn(C(C)C)c2ccc(-c3cc(CN)cc(C4CCN(C)CC4)c3)cc12. The van der Waals surface area contributed by atoms with Gasteiger partial charge in [0.2, 0.25) is 0 Å². The summed E-state index contributed by atoms with van der Waals surface area (Å²) in [5.41, 5.74) is 13.8. The fraction of sp³-hybridized carbons (Fsp3) is 0.412. The molecule has 0 unspecified atom stereocenters. The molecular weight excluding hydrogens is 512 g/mol. The maximum Gasteiger partial charge on any atom is 0.310 e. The summed E-state index contributed by atoms with van der Waals surface area (Å²) >= 11 is 0. The summed E-state index contributed by atoms with van der Waals surface area (Å²) in [5.74, 6) is 0.965. The van der Waals surface area contributed by atoms with E-state index in [9.17, 15) is 4.79 Å². The summed E-state index contributed by atoms with van der Waals surface area (Å²) in [6, 6.07) is 21.3. The summed E-state index contributed by atoms with van der Waals surface area (Å²) in [5, 5.41) is 6.03. The number of likely N-dealkylation sites (tertiary alicyclic amines) is 1. The first-order valence-electron chi connectivity index (χ1n) is 14.8. The molecule has 4 aromatic rings. The van der Waals surface area contributed by atoms with Gasteiger partial charge in [-0.15, -0.1) is 0 Å². The molecule has 0 amide bonds. The Balaban J connectivity index is 1.47. The molecule has 1 fully saturated rings. The minimum absolute atomic E-state index is 0.173. The lowest BCUT2D eigenvalue weighted by atomic mass is 9.86. The highest BCUT2D eigenvalue weighted by Gasteiger charge is 2.20. The second-order valence-corrected chi connectivity index (χ2v) is 11.3. The zero-order valence-electron chi connectivity index (χ0n) is 24.7. The van der Waals surface area contributed by atoms with Crippen molar-refractivity contribution >= 4 is 16.9 Å². The number of fused-ring (bicyclic) bond motifs is 1. The maximum atomic E-state index is 12.1. The number of nitrogens with two attached hydrogens (primary N) is 1. The van der Waals surface area contributed by atoms with Gasteiger partial charge in [0, 0.05) is 23.5 Å². The van der Waals surface area contributed by atoms with Gasteiger partial charge in [0.05, 0.1) is 18.5 Å². The third-order valence-electron chi connectivity index (χ3n) is 8.02. The van der Waals surface area contributed by atoms with Crippen LogP contribution < -0.4 is 10.5 Å². The van der Waals surface area contributed by atoms with Crippen molar-refractivity contribution in [2.45, 2.75) is 65.1 Å². The minimum Gasteiger partial charge on any atom is -0.487 e. The number of nitrogens with zero attached hydrogens (tertiary/aromatic N) is 3. The van der Waals surface area contributed by atoms with E-state index in [0.717, 1.165) is 46.4 Å². The molecule has 41 heavy (non-hydrogen) atoms. The molecule has 0 atom stereocenters. The van der Waals surface area contributed by atoms with E-state index in [-0.39, 0.29) is 18.4 Å². The van der Waals surface area contributed by atoms with Crippen LogP contribution in [0.1, 0.15) is 68.0 Å². The van der Waals surface area contributed by atoms with Crippen LogP contribution in [0.25, 0.3) is 22.0 Å². The van der Waals surface area contributed by atoms with Gasteiger partial charge in [0.25, 0.3) is 0 Å². The summed E-state index contributed by atoms with van der Waals surface area (Å²) in [4.78, 5) is 14.6. The third-order valence-corrected chi connectivity index (χ3v) is 8.02. The van der Waals surface area contributed by atoms with Gasteiger partial charge >= 0.3 is 5.97 Å². The summed E-state index contributed by atoms with van der Waals surface area (Å²) in [6.07, 6.45) is 2.51. The van der Waals surface area contributed by atoms with Crippen LogP contribution in [0.4, 0.5) is 0 Å². The van der Waals surface area contributed by atoms with E-state index in [1.807, 2.05) is 31.2 Å². The number of carbonyl (C=O) groups excluding carboxylic acids is 1. The molecular formula is C34H42N4O3. The second kappa shape index (κ2) is 12.9. The first kappa shape index (κ1) is 28.8. The van der Waals surface area contributed by atoms with E-state index in [1.165, 1.54) is 24.0 Å². The van der Waals surface area contributed by atoms with Gasteiger partial charge in [-0.1, -0.05) is 36.4 Å². The third kappa shape index (κ3) is 6.63. The van der Waals surface area contributed by atoms with E-state index in [2.05, 4.69) is 66.9 Å². The smallest absolute Gasteiger partial charge is 0.310 e. The van der Waals surface area contributed by atoms with Crippen LogP contribution in [-0.2, 0) is 29.1 Å². The maximum absolute atomic E-state index is 12.1. The minimum atomic E-state index is -0.262. The normalized spacial score (nSPS) is 14.6. The number of benzene rings is 3. The molecule has 7 nitrogen and oxygen atoms in total. The molecule has 216 valence electrons. The van der Waals surface area contributed by atoms with Crippen LogP contribution in [0.5, 0.6) is 5.75 Å². The van der Waals surface area contributed by atoms with E-state index >= 15 is 0 Å². The van der Waals surface area contributed by atoms with Crippen molar-refractivity contribution in [2.75, 3.05) is 26.7 Å². The molecule has 0 saturated carbocycles. The van der Waals surface area contributed by atoms with Crippen molar-refractivity contribution in [3.8, 4) is 16.9 Å². The zero-order valence-corrected chi connectivity index (χ0v) is 24.7. The van der Waals surface area contributed by atoms with Gasteiger partial charge in [0.15, 0.2) is 0 Å². The van der Waals surface area contributed by atoms with Crippen LogP contribution >= 0.6 is 0 Å². The van der Waals surface area contributed by atoms with E-state index < -0.39 is 0 Å². The van der Waals surface area contributed by atoms with Crippen molar-refractivity contribution in [3.63, 3.8) is 0 Å². The number of rotatable bonds is 10. The fourth-order valence-corrected chi connectivity index (χ4v) is 5.77. The van der Waals surface area contributed by atoms with Gasteiger partial charge in [-0.25, -0.2) is 0 Å². The van der Waals surface area contributed by atoms with E-state index in [4.69, 9.17) is 20.3 Å². The van der Waals surface area contributed by atoms with Crippen molar-refractivity contribution in [3.05, 3.63) is 83.0 Å². The van der Waals surface area contributed by atoms with Gasteiger partial charge in [-0.05, 0) is 106 Å². The molecule has 1 aromatic heterocycles. The topological polar surface area (TPSA) is 82.6 Å². The molecule has 1 aliphatic heterocycles. The van der Waals surface area contributed by atoms with Crippen LogP contribution in [0.2, 0.25) is 0 Å². The average Bonchev–Trinajstić information content (AvgIpc) is 3.35. The van der Waals surface area contributed by atoms with Gasteiger partial charge in [-0.3, -0.25) is 9.48 Å². The molecule has 2 N–H and O–H groups in total. The molecule has 2 heterocycles. The molecule has 0 radical (unpaired) electrons. The first-order valence-corrected chi connectivity index (χ1v) is 14.8. The van der Waals surface area contributed by atoms with Crippen molar-refractivity contribution in [1.82, 2.24) is 14.7 Å². The Morgan fingerprint density at radius 2 is 1.83 bits per heavy atom. The van der Waals surface area contributed by atoms with E-state index in [1.54, 1.807) is 0 Å². The lowest BCUT2D eigenvalue weighted by Crippen LogP contribution is -2.29. The van der Waals surface area contributed by atoms with Crippen molar-refractivity contribution in [2.24, 2.45) is 5.73 Å². The predicted molar refractivity (Wildman–Crippen MR) is 164 cm³/mol. The highest BCUT2D eigenvalue weighted by atomic mass is 16.5. The number of carbonyl (C=O) groups is 1. The fourth-order valence-electron chi connectivity index (χ4n) is 5.77. The number of para-hydroxylation sites is 1. The Labute approximate surface area is 243 Å². The zero-order chi connectivity index (χ0) is 28.9. The summed E-state index contributed by atoms with van der Waals surface area (Å²) < 4.78 is 13.5. The monoisotopic (exact) mass is 554 g/mol. The highest BCUT2D eigenvalue weighted by Crippen LogP contribution is 2.34. The largest absolute Gasteiger partial charge is 0.487 e. The van der Waals surface area contributed by atoms with Crippen molar-refractivity contribution in [1.29, 1.82) is 0 Å². The van der Waals surface area contributed by atoms with Crippen LogP contribution in [0.15, 0.2) is 60.7 Å². The van der Waals surface area contributed by atoms with Crippen LogP contribution in [0.3, 0.4) is 0 Å². The van der Waals surface area contributed by atoms with Gasteiger partial charge in [0.1, 0.15) is 18.1 Å². The number of esters is 1. The molecule has 1 aliphatic rings. The highest BCUT2D eigenvalue weighted by molar-refractivity contribution is 5.87. The molecule has 0 aliphatic carbocycles. The lowest BCUT2D eigenvalue weighted by Gasteiger charge is -2.29. The Morgan fingerprint density at radius 1 is 1.05 bits per heavy atom. The Hall–Kier alpha value is -3.68. The Bertz CT molecular complexity index is 1500. The average molecular weight is 555 g/mol. The van der Waals surface area contributed by atoms with Gasteiger partial charge in [-0.2, -0.15) is 5.10 Å². The second-order valence-electron chi connectivity index (χ2n) is 11.3. The molecule has 0 bridgehead atoms. The number of hydrogen-bond donors (Lipinski definition) is 1. The summed E-state index contributed by atoms with van der Waals surface area (Å²) in [7, 11) is 2.20. The van der Waals surface area contributed by atoms with Crippen molar-refractivity contribution < 1.29 is 14.3 Å². The molecule has 1 saturated heterocycles. The summed E-state index contributed by atoms with van der Waals surface area (Å²) in [6.45, 7) is 9.51. The quantitative estimate of drug-likeness (QED) is 0.234. The Kier molecular flexibility index (Phi) is 9.06. The van der Waals surface area contributed by atoms with Crippen LogP contribution in [-0.4, -0.2) is 47.4 Å². The number of hydrogen-bond acceptors (Lipinski definition) is 6. The molecule has 7 heteroatoms. The standard InChI is InChI=1S/C34H42N4O3/c1-5-40-34(39)20-27-8-6-7-9-33(27)41-22-31-30-19-26(10-11-32(30)38(36-31)23(2)3)29-17-24(21-35)16-28(18-29)25-12-14-37(4)15-13-25/h6-11,16-19,23,25H,5,12-15,20-22,35H2,1-4H3. The van der Waals surface area contributed by atoms with Crippen LogP contribution in [0, 0.1) is 0 Å². The predicted octanol–water partition coefficient (Wildman–Crippen LogP) is 6.24. The number of ether oxygens (including phenoxy) is 2. The molecule has 5 rings (SSSR count). The lowest BCUT2D eigenvalue weighted by molar-refractivity contribution is -0.142. The Morgan fingerprint density at radius 3 is 2.56 bits per heavy atom. The first-order chi connectivity index (χ1) is 19.9. The molecule has 0 spiro atoms. The number of piperidine rings is 1. The van der Waals surface area contributed by atoms with E-state index in [0.29, 0.717) is 31.4 Å². The van der Waals surface area contributed by atoms with Gasteiger partial charge < -0.3 is 20.1 Å². The molecule has 3 aromatic carbocycles. The number of aromatic nitrogens is 2.